The topological polar surface area (TPSA) is 71.0 Å². The van der Waals surface area contributed by atoms with Gasteiger partial charge >= 0.3 is 0 Å². The van der Waals surface area contributed by atoms with Gasteiger partial charge < -0.3 is 15.1 Å². The van der Waals surface area contributed by atoms with E-state index in [1.165, 1.54) is 0 Å². The summed E-state index contributed by atoms with van der Waals surface area (Å²) in [5.41, 5.74) is 1.44. The van der Waals surface area contributed by atoms with Crippen LogP contribution >= 0.6 is 0 Å². The molecule has 6 heteroatoms. The maximum absolute atomic E-state index is 12.4. The predicted molar refractivity (Wildman–Crippen MR) is 83.7 cm³/mol. The molecule has 2 aliphatic heterocycles. The van der Waals surface area contributed by atoms with E-state index in [2.05, 4.69) is 10.5 Å². The molecule has 120 valence electrons. The highest BCUT2D eigenvalue weighted by molar-refractivity contribution is 6.40. The number of oxime groups is 1. The van der Waals surface area contributed by atoms with Gasteiger partial charge in [-0.15, -0.1) is 0 Å². The third-order valence-electron chi connectivity index (χ3n) is 4.60. The normalized spacial score (nSPS) is 25.6. The molecule has 2 atom stereocenters. The average Bonchev–Trinajstić information content (AvgIpc) is 3.11. The molecule has 0 bridgehead atoms. The van der Waals surface area contributed by atoms with Gasteiger partial charge in [0.1, 0.15) is 0 Å². The monoisotopic (exact) mass is 313 g/mol. The lowest BCUT2D eigenvalue weighted by Crippen LogP contribution is -2.38. The Hall–Kier alpha value is -2.37. The summed E-state index contributed by atoms with van der Waals surface area (Å²) in [4.78, 5) is 31.8. The van der Waals surface area contributed by atoms with E-state index in [4.69, 9.17) is 4.84 Å². The average molecular weight is 313 g/mol. The molecule has 1 aromatic carbocycles. The van der Waals surface area contributed by atoms with Gasteiger partial charge in [-0.3, -0.25) is 9.59 Å². The van der Waals surface area contributed by atoms with Crippen LogP contribution in [0.15, 0.2) is 35.5 Å². The highest BCUT2D eigenvalue weighted by Gasteiger charge is 2.46. The first-order valence-corrected chi connectivity index (χ1v) is 8.07. The fourth-order valence-corrected chi connectivity index (χ4v) is 3.12. The van der Waals surface area contributed by atoms with Crippen molar-refractivity contribution < 1.29 is 14.4 Å². The van der Waals surface area contributed by atoms with Crippen LogP contribution in [0, 0.1) is 5.92 Å². The highest BCUT2D eigenvalue weighted by atomic mass is 16.6. The smallest absolute Gasteiger partial charge is 0.269 e. The number of hydrogen-bond acceptors (Lipinski definition) is 4. The number of carbonyl (C=O) groups is 2. The molecular weight excluding hydrogens is 294 g/mol. The van der Waals surface area contributed by atoms with Gasteiger partial charge in [0.05, 0.1) is 18.9 Å². The number of hydrogen-bond donors (Lipinski definition) is 1. The van der Waals surface area contributed by atoms with E-state index in [-0.39, 0.29) is 23.8 Å². The summed E-state index contributed by atoms with van der Waals surface area (Å²) in [5, 5.41) is 6.88. The van der Waals surface area contributed by atoms with Gasteiger partial charge in [0.15, 0.2) is 11.8 Å². The zero-order chi connectivity index (χ0) is 15.8. The number of fused-ring (bicyclic) bond motifs is 1. The Morgan fingerprint density at radius 1 is 1.22 bits per heavy atom. The van der Waals surface area contributed by atoms with Crippen LogP contribution in [0.25, 0.3) is 0 Å². The molecule has 3 aliphatic rings. The summed E-state index contributed by atoms with van der Waals surface area (Å²) in [6, 6.07) is 9.97. The zero-order valence-electron chi connectivity index (χ0n) is 12.8. The third kappa shape index (κ3) is 2.93. The van der Waals surface area contributed by atoms with Crippen LogP contribution in [0.4, 0.5) is 0 Å². The lowest BCUT2D eigenvalue weighted by atomic mass is 10.0. The number of carbonyl (C=O) groups excluding carboxylic acids is 2. The van der Waals surface area contributed by atoms with Crippen LogP contribution in [-0.4, -0.2) is 47.7 Å². The summed E-state index contributed by atoms with van der Waals surface area (Å²) in [5.74, 6) is -0.179. The Labute approximate surface area is 134 Å². The summed E-state index contributed by atoms with van der Waals surface area (Å²) >= 11 is 0. The number of amides is 2. The highest BCUT2D eigenvalue weighted by Crippen LogP contribution is 2.28. The Bertz CT molecular complexity index is 654. The molecule has 0 spiro atoms. The van der Waals surface area contributed by atoms with Gasteiger partial charge in [-0.05, 0) is 18.4 Å². The van der Waals surface area contributed by atoms with E-state index in [0.29, 0.717) is 31.3 Å². The number of nitrogens with zero attached hydrogens (tertiary/aromatic N) is 2. The van der Waals surface area contributed by atoms with Gasteiger partial charge in [0.25, 0.3) is 5.91 Å². The molecule has 2 amide bonds. The van der Waals surface area contributed by atoms with Gasteiger partial charge in [-0.1, -0.05) is 35.5 Å². The van der Waals surface area contributed by atoms with Crippen LogP contribution in [0.5, 0.6) is 0 Å². The fourth-order valence-electron chi connectivity index (χ4n) is 3.12. The van der Waals surface area contributed by atoms with E-state index < -0.39 is 0 Å². The van der Waals surface area contributed by atoms with Crippen molar-refractivity contribution in [2.45, 2.75) is 31.4 Å². The summed E-state index contributed by atoms with van der Waals surface area (Å²) in [6.07, 6.45) is 2.27. The molecule has 0 radical (unpaired) electrons. The van der Waals surface area contributed by atoms with Gasteiger partial charge in [0.2, 0.25) is 5.91 Å². The second kappa shape index (κ2) is 5.68. The van der Waals surface area contributed by atoms with Crippen molar-refractivity contribution in [2.75, 3.05) is 13.1 Å². The molecule has 4 rings (SSSR count). The molecule has 0 aromatic heterocycles. The number of benzene rings is 1. The third-order valence-corrected chi connectivity index (χ3v) is 4.60. The molecule has 0 unspecified atom stereocenters. The molecule has 2 heterocycles. The van der Waals surface area contributed by atoms with E-state index in [1.54, 1.807) is 4.90 Å². The molecule has 1 aromatic rings. The maximum atomic E-state index is 12.4. The summed E-state index contributed by atoms with van der Waals surface area (Å²) < 4.78 is 0. The molecule has 2 fully saturated rings. The van der Waals surface area contributed by atoms with Crippen molar-refractivity contribution in [3.8, 4) is 0 Å². The van der Waals surface area contributed by atoms with Crippen molar-refractivity contribution in [1.82, 2.24) is 10.2 Å². The van der Waals surface area contributed by atoms with E-state index >= 15 is 0 Å². The van der Waals surface area contributed by atoms with Crippen molar-refractivity contribution in [3.05, 3.63) is 35.9 Å². The van der Waals surface area contributed by atoms with Crippen molar-refractivity contribution in [1.29, 1.82) is 0 Å². The standard InChI is InChI=1S/C17H19N3O3/c21-15(8-11-4-2-1-3-5-11)20-9-13-14(10-20)23-19-16(13)17(22)18-12-6-7-12/h1-5,12-14H,6-10H2,(H,18,22)/t13-,14+/m0/s1. The van der Waals surface area contributed by atoms with Crippen LogP contribution in [-0.2, 0) is 20.8 Å². The van der Waals surface area contributed by atoms with E-state index in [9.17, 15) is 9.59 Å². The lowest BCUT2D eigenvalue weighted by Gasteiger charge is -2.16. The predicted octanol–water partition coefficient (Wildman–Crippen LogP) is 0.721. The van der Waals surface area contributed by atoms with Gasteiger partial charge in [-0.25, -0.2) is 0 Å². The quantitative estimate of drug-likeness (QED) is 0.890. The zero-order valence-corrected chi connectivity index (χ0v) is 12.8. The molecular formula is C17H19N3O3. The molecule has 6 nitrogen and oxygen atoms in total. The first kappa shape index (κ1) is 14.2. The van der Waals surface area contributed by atoms with Gasteiger partial charge in [-0.2, -0.15) is 0 Å². The van der Waals surface area contributed by atoms with Crippen LogP contribution in [0.1, 0.15) is 18.4 Å². The van der Waals surface area contributed by atoms with E-state index in [1.807, 2.05) is 30.3 Å². The molecule has 1 aliphatic carbocycles. The number of likely N-dealkylation sites (tertiary alicyclic amines) is 1. The van der Waals surface area contributed by atoms with Gasteiger partial charge in [0, 0.05) is 12.6 Å². The minimum Gasteiger partial charge on any atom is -0.389 e. The van der Waals surface area contributed by atoms with Crippen LogP contribution in [0.2, 0.25) is 0 Å². The van der Waals surface area contributed by atoms with Crippen molar-refractivity contribution in [2.24, 2.45) is 11.1 Å². The minimum absolute atomic E-state index is 0.0659. The number of nitrogens with one attached hydrogen (secondary N) is 1. The fraction of sp³-hybridized carbons (Fsp3) is 0.471. The second-order valence-corrected chi connectivity index (χ2v) is 6.44. The minimum atomic E-state index is -0.185. The summed E-state index contributed by atoms with van der Waals surface area (Å²) in [7, 11) is 0. The van der Waals surface area contributed by atoms with Crippen LogP contribution < -0.4 is 5.32 Å². The molecule has 1 saturated carbocycles. The Balaban J connectivity index is 1.38. The first-order chi connectivity index (χ1) is 11.2. The molecule has 1 N–H and O–H groups in total. The van der Waals surface area contributed by atoms with Crippen molar-refractivity contribution in [3.63, 3.8) is 0 Å². The van der Waals surface area contributed by atoms with E-state index in [0.717, 1.165) is 18.4 Å². The van der Waals surface area contributed by atoms with Crippen LogP contribution in [0.3, 0.4) is 0 Å². The Morgan fingerprint density at radius 2 is 2.00 bits per heavy atom. The number of rotatable bonds is 4. The first-order valence-electron chi connectivity index (χ1n) is 8.07. The largest absolute Gasteiger partial charge is 0.389 e. The Kier molecular flexibility index (Phi) is 3.52. The summed E-state index contributed by atoms with van der Waals surface area (Å²) in [6.45, 7) is 1.01. The maximum Gasteiger partial charge on any atom is 0.269 e. The lowest BCUT2D eigenvalue weighted by molar-refractivity contribution is -0.130. The Morgan fingerprint density at radius 3 is 2.74 bits per heavy atom. The second-order valence-electron chi connectivity index (χ2n) is 6.44. The van der Waals surface area contributed by atoms with Crippen molar-refractivity contribution >= 4 is 17.5 Å². The SMILES string of the molecule is O=C(NC1CC1)C1=NO[C@@H]2CN(C(=O)Cc3ccccc3)C[C@H]12. The molecule has 1 saturated heterocycles. The molecule has 23 heavy (non-hydrogen) atoms.